The van der Waals surface area contributed by atoms with Crippen LogP contribution in [0, 0.1) is 10.1 Å². The van der Waals surface area contributed by atoms with Crippen molar-refractivity contribution >= 4 is 22.5 Å². The third-order valence-electron chi connectivity index (χ3n) is 2.70. The van der Waals surface area contributed by atoms with E-state index in [1.165, 1.54) is 35.9 Å². The molecule has 0 aliphatic carbocycles. The minimum atomic E-state index is -0.903. The predicted molar refractivity (Wildman–Crippen MR) is 64.4 cm³/mol. The van der Waals surface area contributed by atoms with Gasteiger partial charge in [-0.05, 0) is 12.1 Å². The summed E-state index contributed by atoms with van der Waals surface area (Å²) in [6, 6.07) is 5.26. The van der Waals surface area contributed by atoms with E-state index in [4.69, 9.17) is 5.73 Å². The van der Waals surface area contributed by atoms with Gasteiger partial charge in [0.15, 0.2) is 0 Å². The Morgan fingerprint density at radius 1 is 1.39 bits per heavy atom. The zero-order valence-corrected chi connectivity index (χ0v) is 9.41. The Hall–Kier alpha value is -2.70. The molecule has 1 amide bonds. The predicted octanol–water partition coefficient (Wildman–Crippen LogP) is 0.546. The van der Waals surface area contributed by atoms with E-state index in [9.17, 15) is 19.7 Å². The van der Waals surface area contributed by atoms with Gasteiger partial charge in [-0.15, -0.1) is 0 Å². The van der Waals surface area contributed by atoms with Crippen molar-refractivity contribution in [3.8, 4) is 0 Å². The van der Waals surface area contributed by atoms with E-state index in [0.717, 1.165) is 0 Å². The van der Waals surface area contributed by atoms with Crippen LogP contribution < -0.4 is 11.3 Å². The fourth-order valence-electron chi connectivity index (χ4n) is 1.76. The van der Waals surface area contributed by atoms with E-state index in [1.54, 1.807) is 0 Å². The Labute approximate surface area is 101 Å². The van der Waals surface area contributed by atoms with Gasteiger partial charge in [-0.2, -0.15) is 0 Å². The number of nitro groups is 1. The van der Waals surface area contributed by atoms with Crippen molar-refractivity contribution in [1.82, 2.24) is 4.57 Å². The van der Waals surface area contributed by atoms with E-state index in [1.807, 2.05) is 0 Å². The van der Waals surface area contributed by atoms with Crippen molar-refractivity contribution in [3.63, 3.8) is 0 Å². The molecule has 92 valence electrons. The van der Waals surface area contributed by atoms with Gasteiger partial charge in [0, 0.05) is 24.6 Å². The number of rotatable bonds is 2. The number of benzene rings is 1. The van der Waals surface area contributed by atoms with E-state index < -0.39 is 10.8 Å². The molecule has 0 spiro atoms. The maximum absolute atomic E-state index is 11.4. The molecule has 0 radical (unpaired) electrons. The fourth-order valence-corrected chi connectivity index (χ4v) is 1.76. The summed E-state index contributed by atoms with van der Waals surface area (Å²) in [6.45, 7) is 0. The number of carbonyl (C=O) groups is 1. The molecule has 2 aromatic rings. The first kappa shape index (κ1) is 11.8. The lowest BCUT2D eigenvalue weighted by atomic mass is 10.1. The van der Waals surface area contributed by atoms with Crippen LogP contribution in [0.5, 0.6) is 0 Å². The maximum Gasteiger partial charge on any atom is 0.282 e. The van der Waals surface area contributed by atoms with Crippen LogP contribution >= 0.6 is 0 Å². The number of pyridine rings is 1. The minimum absolute atomic E-state index is 0.214. The molecule has 1 aromatic carbocycles. The van der Waals surface area contributed by atoms with Crippen molar-refractivity contribution in [2.75, 3.05) is 0 Å². The Kier molecular flexibility index (Phi) is 2.59. The Bertz CT molecular complexity index is 733. The van der Waals surface area contributed by atoms with Gasteiger partial charge >= 0.3 is 0 Å². The number of amides is 1. The summed E-state index contributed by atoms with van der Waals surface area (Å²) in [7, 11) is 1.52. The van der Waals surface area contributed by atoms with Crippen molar-refractivity contribution < 1.29 is 9.72 Å². The Balaban J connectivity index is 2.94. The van der Waals surface area contributed by atoms with E-state index in [-0.39, 0.29) is 16.8 Å². The maximum atomic E-state index is 11.4. The molecule has 0 aliphatic rings. The molecule has 7 heteroatoms. The summed E-state index contributed by atoms with van der Waals surface area (Å²) in [5.74, 6) is -0.903. The highest BCUT2D eigenvalue weighted by atomic mass is 16.6. The molecule has 1 heterocycles. The van der Waals surface area contributed by atoms with Crippen LogP contribution in [0.25, 0.3) is 10.9 Å². The van der Waals surface area contributed by atoms with Crippen LogP contribution in [-0.2, 0) is 7.05 Å². The SMILES string of the molecule is Cn1c(=O)ccc2cc([N+](=O)[O-])c(C(N)=O)cc21. The number of fused-ring (bicyclic) bond motifs is 1. The second-order valence-electron chi connectivity index (χ2n) is 3.78. The van der Waals surface area contributed by atoms with Crippen molar-refractivity contribution in [2.24, 2.45) is 12.8 Å². The first-order valence-corrected chi connectivity index (χ1v) is 5.00. The van der Waals surface area contributed by atoms with Crippen LogP contribution in [-0.4, -0.2) is 15.4 Å². The summed E-state index contributed by atoms with van der Waals surface area (Å²) in [6.07, 6.45) is 0. The summed E-state index contributed by atoms with van der Waals surface area (Å²) >= 11 is 0. The number of nitro benzene ring substituents is 1. The second kappa shape index (κ2) is 3.95. The number of primary amides is 1. The lowest BCUT2D eigenvalue weighted by Crippen LogP contribution is -2.17. The van der Waals surface area contributed by atoms with Gasteiger partial charge in [-0.25, -0.2) is 0 Å². The van der Waals surface area contributed by atoms with Gasteiger partial charge in [0.2, 0.25) is 0 Å². The molecular formula is C11H9N3O4. The molecule has 1 aromatic heterocycles. The van der Waals surface area contributed by atoms with Gasteiger partial charge in [0.25, 0.3) is 17.2 Å². The van der Waals surface area contributed by atoms with Gasteiger partial charge < -0.3 is 10.3 Å². The smallest absolute Gasteiger partial charge is 0.282 e. The number of hydrogen-bond donors (Lipinski definition) is 1. The summed E-state index contributed by atoms with van der Waals surface area (Å²) in [4.78, 5) is 32.8. The van der Waals surface area contributed by atoms with Crippen LogP contribution in [0.3, 0.4) is 0 Å². The third-order valence-corrected chi connectivity index (χ3v) is 2.70. The number of hydrogen-bond acceptors (Lipinski definition) is 4. The molecule has 0 bridgehead atoms. The standard InChI is InChI=1S/C11H9N3O4/c1-13-8-5-7(11(12)16)9(14(17)18)4-6(8)2-3-10(13)15/h2-5H,1H3,(H2,12,16). The molecule has 0 unspecified atom stereocenters. The lowest BCUT2D eigenvalue weighted by Gasteiger charge is -2.06. The number of aromatic nitrogens is 1. The van der Waals surface area contributed by atoms with Crippen LogP contribution in [0.2, 0.25) is 0 Å². The molecular weight excluding hydrogens is 238 g/mol. The Morgan fingerprint density at radius 2 is 2.06 bits per heavy atom. The molecule has 7 nitrogen and oxygen atoms in total. The zero-order chi connectivity index (χ0) is 13.4. The normalized spacial score (nSPS) is 10.5. The van der Waals surface area contributed by atoms with Gasteiger partial charge in [-0.3, -0.25) is 19.7 Å². The first-order valence-electron chi connectivity index (χ1n) is 5.00. The molecule has 0 atom stereocenters. The monoisotopic (exact) mass is 247 g/mol. The number of carbonyl (C=O) groups excluding carboxylic acids is 1. The molecule has 0 saturated carbocycles. The van der Waals surface area contributed by atoms with E-state index in [2.05, 4.69) is 0 Å². The van der Waals surface area contributed by atoms with Crippen molar-refractivity contribution in [1.29, 1.82) is 0 Å². The largest absolute Gasteiger partial charge is 0.365 e. The van der Waals surface area contributed by atoms with Crippen LogP contribution in [0.4, 0.5) is 5.69 Å². The average Bonchev–Trinajstić information content (AvgIpc) is 2.32. The van der Waals surface area contributed by atoms with Gasteiger partial charge in [0.1, 0.15) is 5.56 Å². The highest BCUT2D eigenvalue weighted by Crippen LogP contribution is 2.24. The third kappa shape index (κ3) is 1.71. The number of nitrogens with two attached hydrogens (primary N) is 1. The van der Waals surface area contributed by atoms with Crippen molar-refractivity contribution in [2.45, 2.75) is 0 Å². The molecule has 0 aliphatic heterocycles. The van der Waals surface area contributed by atoms with Crippen molar-refractivity contribution in [3.05, 3.63) is 50.3 Å². The average molecular weight is 247 g/mol. The zero-order valence-electron chi connectivity index (χ0n) is 9.41. The molecule has 0 saturated heterocycles. The van der Waals surface area contributed by atoms with Crippen LogP contribution in [0.1, 0.15) is 10.4 Å². The summed E-state index contributed by atoms with van der Waals surface area (Å²) < 4.78 is 1.30. The molecule has 2 N–H and O–H groups in total. The minimum Gasteiger partial charge on any atom is -0.365 e. The van der Waals surface area contributed by atoms with Gasteiger partial charge in [-0.1, -0.05) is 0 Å². The topological polar surface area (TPSA) is 108 Å². The molecule has 2 rings (SSSR count). The lowest BCUT2D eigenvalue weighted by molar-refractivity contribution is -0.385. The van der Waals surface area contributed by atoms with E-state index in [0.29, 0.717) is 10.9 Å². The summed E-state index contributed by atoms with van der Waals surface area (Å²) in [5.41, 5.74) is 4.67. The highest BCUT2D eigenvalue weighted by Gasteiger charge is 2.20. The highest BCUT2D eigenvalue weighted by molar-refractivity contribution is 6.01. The first-order chi connectivity index (χ1) is 8.41. The molecule has 0 fully saturated rings. The Morgan fingerprint density at radius 3 is 2.61 bits per heavy atom. The second-order valence-corrected chi connectivity index (χ2v) is 3.78. The van der Waals surface area contributed by atoms with E-state index >= 15 is 0 Å². The molecule has 18 heavy (non-hydrogen) atoms. The summed E-state index contributed by atoms with van der Waals surface area (Å²) in [5, 5.41) is 11.3. The number of aryl methyl sites for hydroxylation is 1. The fraction of sp³-hybridized carbons (Fsp3) is 0.0909. The quantitative estimate of drug-likeness (QED) is 0.617. The van der Waals surface area contributed by atoms with Crippen LogP contribution in [0.15, 0.2) is 29.1 Å². The van der Waals surface area contributed by atoms with Gasteiger partial charge in [0.05, 0.1) is 10.4 Å². The number of nitrogens with zero attached hydrogens (tertiary/aromatic N) is 2.